The molecule has 0 aromatic carbocycles. The van der Waals surface area contributed by atoms with Crippen LogP contribution in [0.2, 0.25) is 0 Å². The van der Waals surface area contributed by atoms with Crippen molar-refractivity contribution in [2.24, 2.45) is 0 Å². The van der Waals surface area contributed by atoms with Gasteiger partial charge in [-0.1, -0.05) is 0 Å². The number of hydrogen-bond donors (Lipinski definition) is 10. The average Bonchev–Trinajstić information content (AvgIpc) is 3.39. The number of carbonyl (C=O) groups is 4. The van der Waals surface area contributed by atoms with Crippen LogP contribution in [-0.2, 0) is 38.1 Å². The predicted molar refractivity (Wildman–Crippen MR) is 166 cm³/mol. The highest BCUT2D eigenvalue weighted by atomic mass is 16.7. The average molecular weight is 721 g/mol. The summed E-state index contributed by atoms with van der Waals surface area (Å²) in [6, 6.07) is 0.905. The van der Waals surface area contributed by atoms with Crippen LogP contribution in [0.5, 0.6) is 11.8 Å². The fraction of sp³-hybridized carbons (Fsp3) is 0.733. The number of unbranched alkanes of at least 4 members (excludes halogenated alkanes) is 1. The van der Waals surface area contributed by atoms with E-state index in [0.717, 1.165) is 12.1 Å². The molecule has 2 fully saturated rings. The number of carbonyl (C=O) groups excluding carboxylic acids is 4. The normalized spacial score (nSPS) is 27.2. The number of aromatic hydroxyl groups is 2. The van der Waals surface area contributed by atoms with Gasteiger partial charge in [0.1, 0.15) is 36.6 Å². The van der Waals surface area contributed by atoms with Gasteiger partial charge < -0.3 is 75.5 Å². The molecule has 2 aliphatic rings. The minimum absolute atomic E-state index is 0.00467. The second-order valence-corrected chi connectivity index (χ2v) is 11.9. The monoisotopic (exact) mass is 720 g/mol. The van der Waals surface area contributed by atoms with Crippen molar-refractivity contribution in [1.29, 1.82) is 0 Å². The van der Waals surface area contributed by atoms with Crippen molar-refractivity contribution in [2.45, 2.75) is 107 Å². The SMILES string of the molecule is CC1CCC(O)C(OCCNC(=O)CC(NC(=O)CCCCC(=O)On2c(O)ccc2O)C(=O)NCCOC2OC(CO)C(O)C(O)C2O)O1. The molecule has 0 bridgehead atoms. The van der Waals surface area contributed by atoms with Gasteiger partial charge in [0.25, 0.3) is 0 Å². The summed E-state index contributed by atoms with van der Waals surface area (Å²) in [5.74, 6) is -3.72. The Morgan fingerprint density at radius 3 is 2.18 bits per heavy atom. The van der Waals surface area contributed by atoms with Gasteiger partial charge in [-0.15, -0.1) is 4.73 Å². The summed E-state index contributed by atoms with van der Waals surface area (Å²) < 4.78 is 22.2. The van der Waals surface area contributed by atoms with Crippen molar-refractivity contribution >= 4 is 23.7 Å². The highest BCUT2D eigenvalue weighted by Crippen LogP contribution is 2.22. The van der Waals surface area contributed by atoms with Crippen molar-refractivity contribution in [3.8, 4) is 11.8 Å². The Balaban J connectivity index is 1.47. The quantitative estimate of drug-likeness (QED) is 0.0614. The Bertz CT molecular complexity index is 1230. The fourth-order valence-corrected chi connectivity index (χ4v) is 5.05. The lowest BCUT2D eigenvalue weighted by Gasteiger charge is -2.39. The van der Waals surface area contributed by atoms with Gasteiger partial charge in [0.05, 0.1) is 32.3 Å². The molecule has 20 nitrogen and oxygen atoms in total. The molecule has 284 valence electrons. The minimum atomic E-state index is -1.65. The molecule has 0 aliphatic carbocycles. The Hall–Kier alpha value is -3.60. The molecule has 20 heteroatoms. The number of ether oxygens (including phenoxy) is 4. The van der Waals surface area contributed by atoms with Crippen molar-refractivity contribution in [3.05, 3.63) is 12.1 Å². The molecule has 2 aliphatic heterocycles. The van der Waals surface area contributed by atoms with Gasteiger partial charge in [-0.3, -0.25) is 14.4 Å². The number of aliphatic hydroxyl groups is 5. The summed E-state index contributed by atoms with van der Waals surface area (Å²) in [5, 5.41) is 75.9. The van der Waals surface area contributed by atoms with Crippen LogP contribution < -0.4 is 20.8 Å². The molecule has 0 radical (unpaired) electrons. The molecule has 9 atom stereocenters. The molecule has 0 saturated carbocycles. The van der Waals surface area contributed by atoms with Gasteiger partial charge in [0.2, 0.25) is 29.5 Å². The van der Waals surface area contributed by atoms with E-state index >= 15 is 0 Å². The van der Waals surface area contributed by atoms with Crippen LogP contribution in [0.4, 0.5) is 0 Å². The second kappa shape index (κ2) is 20.3. The van der Waals surface area contributed by atoms with Crippen molar-refractivity contribution in [2.75, 3.05) is 32.9 Å². The third kappa shape index (κ3) is 12.6. The Kier molecular flexibility index (Phi) is 16.6. The van der Waals surface area contributed by atoms with Crippen LogP contribution in [-0.4, -0.2) is 152 Å². The zero-order valence-corrected chi connectivity index (χ0v) is 27.6. The standard InChI is InChI=1S/C30H48N4O16/c1-16-6-7-18(36)29(48-16)46-12-10-31-21(38)14-17(28(45)32-11-13-47-30-27(44)26(43)25(42)19(15-35)49-30)33-20(37)4-2-3-5-24(41)50-34-22(39)8-9-23(34)40/h8-9,16-19,25-27,29-30,35-36,39-40,42-44H,2-7,10-15H2,1H3,(H,31,38)(H,32,45)(H,33,37). The maximum atomic E-state index is 13.0. The number of nitrogens with zero attached hydrogens (tertiary/aromatic N) is 1. The van der Waals surface area contributed by atoms with Gasteiger partial charge in [-0.05, 0) is 32.6 Å². The number of rotatable bonds is 19. The lowest BCUT2D eigenvalue weighted by molar-refractivity contribution is -0.300. The van der Waals surface area contributed by atoms with E-state index in [1.807, 2.05) is 6.92 Å². The van der Waals surface area contributed by atoms with Crippen molar-refractivity contribution in [1.82, 2.24) is 20.7 Å². The summed E-state index contributed by atoms with van der Waals surface area (Å²) in [6.45, 7) is 0.768. The second-order valence-electron chi connectivity index (χ2n) is 11.9. The summed E-state index contributed by atoms with van der Waals surface area (Å²) in [6.07, 6.45) is -8.42. The molecule has 10 N–H and O–H groups in total. The first kappa shape index (κ1) is 40.8. The van der Waals surface area contributed by atoms with Crippen molar-refractivity contribution in [3.63, 3.8) is 0 Å². The third-order valence-corrected chi connectivity index (χ3v) is 7.85. The maximum Gasteiger partial charge on any atom is 0.333 e. The Labute approximate surface area is 287 Å². The molecule has 9 unspecified atom stereocenters. The molecule has 3 amide bonds. The van der Waals surface area contributed by atoms with E-state index in [1.165, 1.54) is 0 Å². The van der Waals surface area contributed by atoms with E-state index in [0.29, 0.717) is 17.6 Å². The van der Waals surface area contributed by atoms with Gasteiger partial charge in [-0.2, -0.15) is 0 Å². The molecule has 1 aromatic heterocycles. The van der Waals surface area contributed by atoms with E-state index in [2.05, 4.69) is 16.0 Å². The maximum absolute atomic E-state index is 13.0. The summed E-state index contributed by atoms with van der Waals surface area (Å²) >= 11 is 0. The zero-order valence-electron chi connectivity index (χ0n) is 27.6. The molecule has 2 saturated heterocycles. The summed E-state index contributed by atoms with van der Waals surface area (Å²) in [7, 11) is 0. The van der Waals surface area contributed by atoms with Crippen LogP contribution in [0.3, 0.4) is 0 Å². The molecule has 50 heavy (non-hydrogen) atoms. The van der Waals surface area contributed by atoms with E-state index < -0.39 is 97.6 Å². The highest BCUT2D eigenvalue weighted by molar-refractivity contribution is 5.92. The number of aromatic nitrogens is 1. The topological polar surface area (TPSA) is 297 Å². The fourth-order valence-electron chi connectivity index (χ4n) is 5.05. The number of amides is 3. The highest BCUT2D eigenvalue weighted by Gasteiger charge is 2.44. The first-order chi connectivity index (χ1) is 23.8. The molecular formula is C30H48N4O16. The Morgan fingerprint density at radius 2 is 1.50 bits per heavy atom. The van der Waals surface area contributed by atoms with E-state index in [1.54, 1.807) is 0 Å². The van der Waals surface area contributed by atoms with Gasteiger partial charge >= 0.3 is 5.97 Å². The first-order valence-corrected chi connectivity index (χ1v) is 16.3. The van der Waals surface area contributed by atoms with Crippen molar-refractivity contribution < 1.29 is 78.7 Å². The molecule has 1 aromatic rings. The number of aliphatic hydroxyl groups excluding tert-OH is 5. The zero-order chi connectivity index (χ0) is 36.8. The van der Waals surface area contributed by atoms with Gasteiger partial charge in [0, 0.05) is 38.1 Å². The van der Waals surface area contributed by atoms with Crippen LogP contribution in [0, 0.1) is 0 Å². The van der Waals surface area contributed by atoms with E-state index in [4.69, 9.17) is 23.8 Å². The van der Waals surface area contributed by atoms with Crippen LogP contribution in [0.25, 0.3) is 0 Å². The van der Waals surface area contributed by atoms with Crippen LogP contribution in [0.15, 0.2) is 12.1 Å². The predicted octanol–water partition coefficient (Wildman–Crippen LogP) is -3.76. The van der Waals surface area contributed by atoms with Gasteiger partial charge in [-0.25, -0.2) is 4.79 Å². The minimum Gasteiger partial charge on any atom is -0.492 e. The summed E-state index contributed by atoms with van der Waals surface area (Å²) in [4.78, 5) is 55.3. The Morgan fingerprint density at radius 1 is 0.860 bits per heavy atom. The number of hydrogen-bond acceptors (Lipinski definition) is 16. The van der Waals surface area contributed by atoms with Crippen LogP contribution >= 0.6 is 0 Å². The smallest absolute Gasteiger partial charge is 0.333 e. The first-order valence-electron chi connectivity index (χ1n) is 16.3. The molecule has 3 heterocycles. The number of nitrogens with one attached hydrogen (secondary N) is 3. The molecule has 3 rings (SSSR count). The molecular weight excluding hydrogens is 672 g/mol. The van der Waals surface area contributed by atoms with Crippen LogP contribution in [0.1, 0.15) is 51.9 Å². The lowest BCUT2D eigenvalue weighted by atomic mass is 9.99. The summed E-state index contributed by atoms with van der Waals surface area (Å²) in [5.41, 5.74) is 0. The van der Waals surface area contributed by atoms with Gasteiger partial charge in [0.15, 0.2) is 12.6 Å². The largest absolute Gasteiger partial charge is 0.492 e. The van der Waals surface area contributed by atoms with E-state index in [9.17, 15) is 54.9 Å². The molecule has 0 spiro atoms. The third-order valence-electron chi connectivity index (χ3n) is 7.85. The lowest BCUT2D eigenvalue weighted by Crippen LogP contribution is -2.59. The van der Waals surface area contributed by atoms with E-state index in [-0.39, 0.29) is 58.1 Å².